The van der Waals surface area contributed by atoms with E-state index in [4.69, 9.17) is 4.74 Å². The van der Waals surface area contributed by atoms with Crippen LogP contribution in [0.2, 0.25) is 0 Å². The monoisotopic (exact) mass is 281 g/mol. The van der Waals surface area contributed by atoms with E-state index in [1.807, 2.05) is 0 Å². The summed E-state index contributed by atoms with van der Waals surface area (Å²) in [7, 11) is 0. The van der Waals surface area contributed by atoms with E-state index in [1.165, 1.54) is 12.8 Å². The Balaban J connectivity index is 1.85. The molecule has 2 saturated carbocycles. The third-order valence-electron chi connectivity index (χ3n) is 5.97. The van der Waals surface area contributed by atoms with Crippen LogP contribution in [0.15, 0.2) is 0 Å². The largest absolute Gasteiger partial charge is 0.462 e. The van der Waals surface area contributed by atoms with Gasteiger partial charge in [-0.1, -0.05) is 20.8 Å². The topological polar surface area (TPSA) is 38.3 Å². The number of rotatable bonds is 4. The highest BCUT2D eigenvalue weighted by Crippen LogP contribution is 2.66. The number of carbonyl (C=O) groups excluding carboxylic acids is 1. The first-order valence-electron chi connectivity index (χ1n) is 8.01. The minimum Gasteiger partial charge on any atom is -0.462 e. The van der Waals surface area contributed by atoms with Crippen LogP contribution in [-0.2, 0) is 9.53 Å². The molecular formula is C17H31NO2. The van der Waals surface area contributed by atoms with Crippen molar-refractivity contribution >= 4 is 5.97 Å². The van der Waals surface area contributed by atoms with Gasteiger partial charge in [0.15, 0.2) is 0 Å². The van der Waals surface area contributed by atoms with Crippen LogP contribution < -0.4 is 5.32 Å². The molecule has 3 unspecified atom stereocenters. The van der Waals surface area contributed by atoms with Crippen molar-refractivity contribution in [2.75, 3.05) is 6.54 Å². The molecule has 0 spiro atoms. The summed E-state index contributed by atoms with van der Waals surface area (Å²) < 4.78 is 5.82. The average Bonchev–Trinajstić information content (AvgIpc) is 2.60. The number of fused-ring (bicyclic) bond motifs is 2. The summed E-state index contributed by atoms with van der Waals surface area (Å²) in [5.41, 5.74) is 0.535. The first-order chi connectivity index (χ1) is 9.06. The van der Waals surface area contributed by atoms with Gasteiger partial charge in [0.1, 0.15) is 6.10 Å². The van der Waals surface area contributed by atoms with Crippen molar-refractivity contribution in [3.8, 4) is 0 Å². The highest BCUT2D eigenvalue weighted by Gasteiger charge is 2.62. The van der Waals surface area contributed by atoms with Gasteiger partial charge in [0, 0.05) is 17.5 Å². The molecule has 0 aliphatic heterocycles. The Morgan fingerprint density at radius 2 is 1.95 bits per heavy atom. The lowest BCUT2D eigenvalue weighted by molar-refractivity contribution is -0.156. The molecule has 0 radical (unpaired) electrons. The second-order valence-corrected chi connectivity index (χ2v) is 8.52. The first-order valence-corrected chi connectivity index (χ1v) is 8.01. The Hall–Kier alpha value is -0.570. The highest BCUT2D eigenvalue weighted by molar-refractivity contribution is 5.70. The highest BCUT2D eigenvalue weighted by atomic mass is 16.5. The summed E-state index contributed by atoms with van der Waals surface area (Å²) in [4.78, 5) is 12.1. The van der Waals surface area contributed by atoms with Crippen LogP contribution in [0.3, 0.4) is 0 Å². The SMILES string of the molecule is CC(C)(C)NCCC(=O)OC1CC2CCC1(C)C2(C)C. The quantitative estimate of drug-likeness (QED) is 0.801. The van der Waals surface area contributed by atoms with Crippen molar-refractivity contribution in [2.24, 2.45) is 16.7 Å². The van der Waals surface area contributed by atoms with E-state index < -0.39 is 0 Å². The lowest BCUT2D eigenvalue weighted by Gasteiger charge is -2.38. The summed E-state index contributed by atoms with van der Waals surface area (Å²) in [5, 5.41) is 3.34. The molecule has 0 aromatic heterocycles. The third kappa shape index (κ3) is 2.74. The lowest BCUT2D eigenvalue weighted by Crippen LogP contribution is -2.40. The van der Waals surface area contributed by atoms with E-state index in [0.29, 0.717) is 18.4 Å². The molecule has 3 atom stereocenters. The number of carbonyl (C=O) groups is 1. The van der Waals surface area contributed by atoms with Gasteiger partial charge in [-0.3, -0.25) is 4.79 Å². The first kappa shape index (κ1) is 15.8. The summed E-state index contributed by atoms with van der Waals surface area (Å²) in [6.45, 7) is 14.0. The lowest BCUT2D eigenvalue weighted by atomic mass is 9.70. The molecule has 2 rings (SSSR count). The fourth-order valence-corrected chi connectivity index (χ4v) is 4.07. The standard InChI is InChI=1S/C17H31NO2/c1-15(2,3)18-10-8-14(19)20-13-11-12-7-9-17(13,6)16(12,4)5/h12-13,18H,7-11H2,1-6H3. The fraction of sp³-hybridized carbons (Fsp3) is 0.941. The molecule has 2 aliphatic rings. The van der Waals surface area contributed by atoms with E-state index in [9.17, 15) is 4.79 Å². The minimum absolute atomic E-state index is 0.0451. The van der Waals surface area contributed by atoms with Crippen LogP contribution in [0, 0.1) is 16.7 Å². The molecular weight excluding hydrogens is 250 g/mol. The van der Waals surface area contributed by atoms with Crippen LogP contribution in [0.4, 0.5) is 0 Å². The van der Waals surface area contributed by atoms with Gasteiger partial charge in [0.2, 0.25) is 0 Å². The molecule has 2 aliphatic carbocycles. The Labute approximate surface area is 123 Å². The Morgan fingerprint density at radius 3 is 2.40 bits per heavy atom. The van der Waals surface area contributed by atoms with Crippen LogP contribution in [0.5, 0.6) is 0 Å². The fourth-order valence-electron chi connectivity index (χ4n) is 4.07. The van der Waals surface area contributed by atoms with E-state index in [-0.39, 0.29) is 23.0 Å². The van der Waals surface area contributed by atoms with Crippen molar-refractivity contribution in [3.05, 3.63) is 0 Å². The molecule has 2 bridgehead atoms. The molecule has 20 heavy (non-hydrogen) atoms. The van der Waals surface area contributed by atoms with Gasteiger partial charge < -0.3 is 10.1 Å². The van der Waals surface area contributed by atoms with Crippen LogP contribution in [-0.4, -0.2) is 24.2 Å². The molecule has 2 fully saturated rings. The minimum atomic E-state index is -0.0451. The number of hydrogen-bond acceptors (Lipinski definition) is 3. The summed E-state index contributed by atoms with van der Waals surface area (Å²) in [6, 6.07) is 0. The normalized spacial score (nSPS) is 35.3. The average molecular weight is 281 g/mol. The molecule has 0 amide bonds. The van der Waals surface area contributed by atoms with E-state index in [1.54, 1.807) is 0 Å². The number of nitrogens with one attached hydrogen (secondary N) is 1. The summed E-state index contributed by atoms with van der Waals surface area (Å²) in [6.07, 6.45) is 4.14. The zero-order valence-electron chi connectivity index (χ0n) is 14.0. The maximum Gasteiger partial charge on any atom is 0.307 e. The second kappa shape index (κ2) is 5.01. The van der Waals surface area contributed by atoms with E-state index in [0.717, 1.165) is 12.3 Å². The molecule has 0 aromatic carbocycles. The van der Waals surface area contributed by atoms with Gasteiger partial charge in [-0.25, -0.2) is 0 Å². The summed E-state index contributed by atoms with van der Waals surface area (Å²) in [5.74, 6) is 0.675. The van der Waals surface area contributed by atoms with Gasteiger partial charge in [0.05, 0.1) is 6.42 Å². The van der Waals surface area contributed by atoms with Crippen molar-refractivity contribution in [3.63, 3.8) is 0 Å². The van der Waals surface area contributed by atoms with Crippen LogP contribution in [0.25, 0.3) is 0 Å². The maximum absolute atomic E-state index is 12.1. The van der Waals surface area contributed by atoms with Gasteiger partial charge in [-0.05, 0) is 51.4 Å². The molecule has 0 saturated heterocycles. The number of hydrogen-bond donors (Lipinski definition) is 1. The Bertz CT molecular complexity index is 383. The molecule has 116 valence electrons. The van der Waals surface area contributed by atoms with E-state index in [2.05, 4.69) is 46.9 Å². The van der Waals surface area contributed by atoms with Gasteiger partial charge in [0.25, 0.3) is 0 Å². The Morgan fingerprint density at radius 1 is 1.30 bits per heavy atom. The number of esters is 1. The van der Waals surface area contributed by atoms with Gasteiger partial charge in [-0.15, -0.1) is 0 Å². The molecule has 3 nitrogen and oxygen atoms in total. The second-order valence-electron chi connectivity index (χ2n) is 8.52. The van der Waals surface area contributed by atoms with Crippen LogP contribution in [0.1, 0.15) is 67.2 Å². The molecule has 3 heteroatoms. The van der Waals surface area contributed by atoms with Gasteiger partial charge in [-0.2, -0.15) is 0 Å². The van der Waals surface area contributed by atoms with Crippen molar-refractivity contribution in [1.29, 1.82) is 0 Å². The zero-order chi connectivity index (χ0) is 15.2. The number of ether oxygens (including phenoxy) is 1. The predicted octanol–water partition coefficient (Wildman–Crippen LogP) is 3.52. The van der Waals surface area contributed by atoms with Crippen LogP contribution >= 0.6 is 0 Å². The van der Waals surface area contributed by atoms with Crippen molar-refractivity contribution < 1.29 is 9.53 Å². The summed E-state index contributed by atoms with van der Waals surface area (Å²) >= 11 is 0. The van der Waals surface area contributed by atoms with Crippen molar-refractivity contribution in [2.45, 2.75) is 78.9 Å². The molecule has 0 aromatic rings. The molecule has 1 N–H and O–H groups in total. The Kier molecular flexibility index (Phi) is 3.96. The third-order valence-corrected chi connectivity index (χ3v) is 5.97. The van der Waals surface area contributed by atoms with Crippen molar-refractivity contribution in [1.82, 2.24) is 5.32 Å². The zero-order valence-corrected chi connectivity index (χ0v) is 14.0. The predicted molar refractivity (Wildman–Crippen MR) is 81.5 cm³/mol. The van der Waals surface area contributed by atoms with E-state index >= 15 is 0 Å². The molecule has 0 heterocycles. The van der Waals surface area contributed by atoms with Gasteiger partial charge >= 0.3 is 5.97 Å². The smallest absolute Gasteiger partial charge is 0.307 e. The maximum atomic E-state index is 12.1.